The summed E-state index contributed by atoms with van der Waals surface area (Å²) in [5.41, 5.74) is 0. The minimum atomic E-state index is -0.659. The van der Waals surface area contributed by atoms with Crippen LogP contribution in [0.25, 0.3) is 0 Å². The summed E-state index contributed by atoms with van der Waals surface area (Å²) in [5.74, 6) is -0.516. The second kappa shape index (κ2) is 3.28. The van der Waals surface area contributed by atoms with Crippen molar-refractivity contribution in [3.63, 3.8) is 0 Å². The van der Waals surface area contributed by atoms with E-state index in [0.717, 1.165) is 0 Å². The molecule has 11 heavy (non-hydrogen) atoms. The molecule has 0 amide bonds. The zero-order valence-electron chi connectivity index (χ0n) is 5.62. The molecule has 1 aromatic rings. The molecule has 4 heteroatoms. The quantitative estimate of drug-likeness (QED) is 0.624. The Morgan fingerprint density at radius 3 is 2.64 bits per heavy atom. The summed E-state index contributed by atoms with van der Waals surface area (Å²) < 4.78 is 17.4. The molecule has 1 radical (unpaired) electrons. The zero-order valence-corrected chi connectivity index (χ0v) is 7.13. The van der Waals surface area contributed by atoms with Crippen molar-refractivity contribution in [3.05, 3.63) is 28.0 Å². The van der Waals surface area contributed by atoms with Crippen molar-refractivity contribution in [3.8, 4) is 5.75 Å². The third kappa shape index (κ3) is 1.57. The van der Waals surface area contributed by atoms with Gasteiger partial charge in [-0.15, -0.1) is 0 Å². The van der Waals surface area contributed by atoms with Gasteiger partial charge in [-0.2, -0.15) is 0 Å². The monoisotopic (exact) mass is 193 g/mol. The van der Waals surface area contributed by atoms with Crippen molar-refractivity contribution in [2.24, 2.45) is 0 Å². The Hall–Kier alpha value is -0.470. The molecule has 1 aromatic carbocycles. The highest BCUT2D eigenvalue weighted by Crippen LogP contribution is 2.33. The standard InChI is InChI=1S/C7H4Cl2FO/c1-11-7-4(8)2-3-5(10)6(7)9/h2H,1H3. The van der Waals surface area contributed by atoms with Gasteiger partial charge in [-0.25, -0.2) is 4.39 Å². The van der Waals surface area contributed by atoms with Crippen LogP contribution in [0.15, 0.2) is 6.07 Å². The molecule has 0 aliphatic carbocycles. The topological polar surface area (TPSA) is 9.23 Å². The summed E-state index contributed by atoms with van der Waals surface area (Å²) in [7, 11) is 1.37. The van der Waals surface area contributed by atoms with Gasteiger partial charge < -0.3 is 4.74 Å². The van der Waals surface area contributed by atoms with Gasteiger partial charge in [-0.3, -0.25) is 0 Å². The molecule has 1 nitrogen and oxygen atoms in total. The van der Waals surface area contributed by atoms with Gasteiger partial charge in [-0.1, -0.05) is 23.2 Å². The average Bonchev–Trinajstić information content (AvgIpc) is 1.99. The van der Waals surface area contributed by atoms with Crippen LogP contribution in [0.3, 0.4) is 0 Å². The van der Waals surface area contributed by atoms with Crippen LogP contribution >= 0.6 is 23.2 Å². The van der Waals surface area contributed by atoms with E-state index in [1.807, 2.05) is 0 Å². The fraction of sp³-hybridized carbons (Fsp3) is 0.143. The van der Waals surface area contributed by atoms with Crippen molar-refractivity contribution < 1.29 is 9.13 Å². The largest absolute Gasteiger partial charge is 0.494 e. The molecule has 0 unspecified atom stereocenters. The van der Waals surface area contributed by atoms with Crippen LogP contribution < -0.4 is 4.74 Å². The maximum atomic E-state index is 12.6. The molecule has 1 rings (SSSR count). The Labute approximate surface area is 73.7 Å². The summed E-state index contributed by atoms with van der Waals surface area (Å²) in [5, 5.41) is 0.110. The first-order chi connectivity index (χ1) is 5.16. The predicted molar refractivity (Wildman–Crippen MR) is 41.8 cm³/mol. The maximum Gasteiger partial charge on any atom is 0.159 e. The number of halogens is 3. The van der Waals surface area contributed by atoms with Crippen molar-refractivity contribution >= 4 is 23.2 Å². The normalized spacial score (nSPS) is 9.82. The van der Waals surface area contributed by atoms with E-state index in [-0.39, 0.29) is 15.8 Å². The van der Waals surface area contributed by atoms with E-state index in [2.05, 4.69) is 6.07 Å². The molecule has 0 spiro atoms. The molecule has 0 aromatic heterocycles. The van der Waals surface area contributed by atoms with Crippen LogP contribution in [0.2, 0.25) is 10.0 Å². The number of rotatable bonds is 1. The number of hydrogen-bond acceptors (Lipinski definition) is 1. The fourth-order valence-electron chi connectivity index (χ4n) is 0.647. The Morgan fingerprint density at radius 2 is 2.18 bits per heavy atom. The van der Waals surface area contributed by atoms with E-state index in [1.54, 1.807) is 0 Å². The Bertz CT molecular complexity index is 275. The van der Waals surface area contributed by atoms with Gasteiger partial charge in [0.2, 0.25) is 0 Å². The lowest BCUT2D eigenvalue weighted by Crippen LogP contribution is -1.88. The van der Waals surface area contributed by atoms with E-state index in [0.29, 0.717) is 0 Å². The smallest absolute Gasteiger partial charge is 0.159 e. The Kier molecular flexibility index (Phi) is 2.58. The third-order valence-corrected chi connectivity index (χ3v) is 1.76. The van der Waals surface area contributed by atoms with Crippen molar-refractivity contribution in [1.82, 2.24) is 0 Å². The van der Waals surface area contributed by atoms with Gasteiger partial charge in [0.15, 0.2) is 11.6 Å². The van der Waals surface area contributed by atoms with Crippen LogP contribution in [0.5, 0.6) is 5.75 Å². The summed E-state index contributed by atoms with van der Waals surface area (Å²) in [6.07, 6.45) is 0. The molecule has 0 aliphatic rings. The summed E-state index contributed by atoms with van der Waals surface area (Å²) >= 11 is 11.1. The molecule has 0 saturated heterocycles. The number of hydrogen-bond donors (Lipinski definition) is 0. The molecule has 0 bridgehead atoms. The Balaban J connectivity index is 3.29. The lowest BCUT2D eigenvalue weighted by Gasteiger charge is -2.04. The number of benzene rings is 1. The lowest BCUT2D eigenvalue weighted by molar-refractivity contribution is 0.412. The first-order valence-corrected chi connectivity index (χ1v) is 3.51. The molecule has 0 fully saturated rings. The van der Waals surface area contributed by atoms with Crippen LogP contribution in [0.1, 0.15) is 0 Å². The van der Waals surface area contributed by atoms with Gasteiger partial charge in [0.25, 0.3) is 0 Å². The van der Waals surface area contributed by atoms with Crippen LogP contribution in [-0.2, 0) is 0 Å². The van der Waals surface area contributed by atoms with Gasteiger partial charge in [0, 0.05) is 6.07 Å². The third-order valence-electron chi connectivity index (χ3n) is 1.14. The van der Waals surface area contributed by atoms with E-state index >= 15 is 0 Å². The first-order valence-electron chi connectivity index (χ1n) is 2.76. The van der Waals surface area contributed by atoms with E-state index in [4.69, 9.17) is 27.9 Å². The van der Waals surface area contributed by atoms with E-state index < -0.39 is 5.82 Å². The van der Waals surface area contributed by atoms with Crippen LogP contribution in [0, 0.1) is 11.9 Å². The number of methoxy groups -OCH3 is 1. The molecule has 0 N–H and O–H groups in total. The van der Waals surface area contributed by atoms with Crippen molar-refractivity contribution in [2.75, 3.05) is 7.11 Å². The van der Waals surface area contributed by atoms with Gasteiger partial charge >= 0.3 is 0 Å². The molecule has 59 valence electrons. The predicted octanol–water partition coefficient (Wildman–Crippen LogP) is 2.94. The van der Waals surface area contributed by atoms with Crippen molar-refractivity contribution in [2.45, 2.75) is 0 Å². The molecular weight excluding hydrogens is 190 g/mol. The zero-order chi connectivity index (χ0) is 8.43. The van der Waals surface area contributed by atoms with Crippen LogP contribution in [-0.4, -0.2) is 7.11 Å². The second-order valence-electron chi connectivity index (χ2n) is 1.80. The summed E-state index contributed by atoms with van der Waals surface area (Å²) in [6, 6.07) is 3.50. The molecule has 0 saturated carbocycles. The van der Waals surface area contributed by atoms with E-state index in [1.165, 1.54) is 13.2 Å². The SMILES string of the molecule is COc1c(Cl)c[c]c(F)c1Cl. The highest BCUT2D eigenvalue weighted by Gasteiger charge is 2.10. The van der Waals surface area contributed by atoms with E-state index in [9.17, 15) is 4.39 Å². The lowest BCUT2D eigenvalue weighted by atomic mass is 10.3. The highest BCUT2D eigenvalue weighted by atomic mass is 35.5. The molecular formula is C7H4Cl2FO. The maximum absolute atomic E-state index is 12.6. The molecule has 0 aliphatic heterocycles. The second-order valence-corrected chi connectivity index (χ2v) is 2.58. The van der Waals surface area contributed by atoms with Gasteiger partial charge in [0.1, 0.15) is 5.02 Å². The molecule has 0 atom stereocenters. The summed E-state index contributed by atoms with van der Waals surface area (Å²) in [6.45, 7) is 0. The number of ether oxygens (including phenoxy) is 1. The Morgan fingerprint density at radius 1 is 1.55 bits per heavy atom. The van der Waals surface area contributed by atoms with Crippen molar-refractivity contribution in [1.29, 1.82) is 0 Å². The highest BCUT2D eigenvalue weighted by molar-refractivity contribution is 6.37. The molecule has 0 heterocycles. The average molecular weight is 194 g/mol. The summed E-state index contributed by atoms with van der Waals surface area (Å²) in [4.78, 5) is 0. The van der Waals surface area contributed by atoms with Gasteiger partial charge in [0.05, 0.1) is 12.1 Å². The fourth-order valence-corrected chi connectivity index (χ4v) is 1.16. The van der Waals surface area contributed by atoms with Gasteiger partial charge in [-0.05, 0) is 6.07 Å². The van der Waals surface area contributed by atoms with Crippen LogP contribution in [0.4, 0.5) is 4.39 Å². The minimum Gasteiger partial charge on any atom is -0.494 e. The minimum absolute atomic E-state index is 0.139. The first kappa shape index (κ1) is 8.62.